The van der Waals surface area contributed by atoms with Gasteiger partial charge in [0.2, 0.25) is 5.60 Å². The maximum absolute atomic E-state index is 11.6. The third-order valence-electron chi connectivity index (χ3n) is 5.15. The van der Waals surface area contributed by atoms with Gasteiger partial charge in [0, 0.05) is 14.1 Å². The van der Waals surface area contributed by atoms with Crippen LogP contribution in [0.5, 0.6) is 0 Å². The number of rotatable bonds is 5. The number of aliphatic imine (C=N–C) groups is 1. The Bertz CT molecular complexity index is 1090. The highest BCUT2D eigenvalue weighted by Crippen LogP contribution is 2.50. The SMILES string of the molecule is COC(=O)OC[C@@]1(C#N)O[C@@H](c2ccc3c(N=CN(C)C)ncnn23)[C@@H]2OC(C)(C)O[C@@H]21. The Kier molecular flexibility index (Phi) is 5.49. The quantitative estimate of drug-likeness (QED) is 0.380. The van der Waals surface area contributed by atoms with E-state index in [0.717, 1.165) is 0 Å². The number of carbonyl (C=O) groups excluding carboxylic acids is 1. The number of methoxy groups -OCH3 is 1. The molecule has 12 heteroatoms. The lowest BCUT2D eigenvalue weighted by Gasteiger charge is -2.28. The van der Waals surface area contributed by atoms with Gasteiger partial charge in [-0.3, -0.25) is 0 Å². The number of hydrogen-bond acceptors (Lipinski definition) is 10. The minimum atomic E-state index is -1.60. The number of fused-ring (bicyclic) bond motifs is 2. The van der Waals surface area contributed by atoms with Crippen LogP contribution >= 0.6 is 0 Å². The van der Waals surface area contributed by atoms with Crippen molar-refractivity contribution in [3.63, 3.8) is 0 Å². The number of ether oxygens (including phenoxy) is 5. The van der Waals surface area contributed by atoms with E-state index in [1.54, 1.807) is 29.6 Å². The summed E-state index contributed by atoms with van der Waals surface area (Å²) in [5.41, 5.74) is -0.324. The van der Waals surface area contributed by atoms with Crippen LogP contribution in [-0.2, 0) is 23.7 Å². The van der Waals surface area contributed by atoms with Gasteiger partial charge < -0.3 is 28.6 Å². The van der Waals surface area contributed by atoms with Gasteiger partial charge in [0.05, 0.1) is 19.1 Å². The molecule has 2 aromatic rings. The van der Waals surface area contributed by atoms with Crippen LogP contribution in [0, 0.1) is 11.3 Å². The van der Waals surface area contributed by atoms with Gasteiger partial charge in [-0.15, -0.1) is 0 Å². The Morgan fingerprint density at radius 3 is 2.84 bits per heavy atom. The van der Waals surface area contributed by atoms with E-state index < -0.39 is 35.9 Å². The van der Waals surface area contributed by atoms with E-state index in [1.807, 2.05) is 26.2 Å². The maximum atomic E-state index is 11.6. The monoisotopic (exact) mass is 444 g/mol. The zero-order valence-corrected chi connectivity index (χ0v) is 18.4. The third kappa shape index (κ3) is 3.75. The van der Waals surface area contributed by atoms with Gasteiger partial charge >= 0.3 is 6.16 Å². The molecule has 2 aliphatic heterocycles. The van der Waals surface area contributed by atoms with Crippen LogP contribution in [0.3, 0.4) is 0 Å². The topological polar surface area (TPSA) is 133 Å². The van der Waals surface area contributed by atoms with E-state index >= 15 is 0 Å². The first-order chi connectivity index (χ1) is 15.2. The van der Waals surface area contributed by atoms with E-state index in [4.69, 9.17) is 18.9 Å². The summed E-state index contributed by atoms with van der Waals surface area (Å²) in [7, 11) is 4.90. The first-order valence-corrected chi connectivity index (χ1v) is 9.88. The lowest BCUT2D eigenvalue weighted by molar-refractivity contribution is -0.205. The number of nitriles is 1. The minimum Gasteiger partial charge on any atom is -0.438 e. The van der Waals surface area contributed by atoms with Crippen LogP contribution in [0.1, 0.15) is 25.6 Å². The van der Waals surface area contributed by atoms with E-state index in [0.29, 0.717) is 17.0 Å². The van der Waals surface area contributed by atoms with Crippen molar-refractivity contribution in [2.24, 2.45) is 4.99 Å². The van der Waals surface area contributed by atoms with E-state index in [9.17, 15) is 10.1 Å². The van der Waals surface area contributed by atoms with Crippen molar-refractivity contribution < 1.29 is 28.5 Å². The first-order valence-electron chi connectivity index (χ1n) is 9.88. The fraction of sp³-hybridized carbons (Fsp3) is 0.550. The second-order valence-corrected chi connectivity index (χ2v) is 8.15. The number of hydrogen-bond donors (Lipinski definition) is 0. The molecule has 12 nitrogen and oxygen atoms in total. The van der Waals surface area contributed by atoms with Gasteiger partial charge in [0.15, 0.2) is 11.6 Å². The normalized spacial score (nSPS) is 28.6. The molecule has 0 bridgehead atoms. The van der Waals surface area contributed by atoms with Crippen molar-refractivity contribution in [3.05, 3.63) is 24.2 Å². The van der Waals surface area contributed by atoms with Crippen molar-refractivity contribution in [2.75, 3.05) is 27.8 Å². The molecule has 0 spiro atoms. The predicted molar refractivity (Wildman–Crippen MR) is 109 cm³/mol. The molecule has 0 saturated carbocycles. The summed E-state index contributed by atoms with van der Waals surface area (Å²) in [5, 5.41) is 14.4. The Hall–Kier alpha value is -3.27. The Morgan fingerprint density at radius 2 is 2.16 bits per heavy atom. The van der Waals surface area contributed by atoms with Crippen LogP contribution < -0.4 is 0 Å². The summed E-state index contributed by atoms with van der Waals surface area (Å²) < 4.78 is 29.5. The summed E-state index contributed by atoms with van der Waals surface area (Å²) in [6.45, 7) is 3.11. The van der Waals surface area contributed by atoms with Crippen molar-refractivity contribution in [2.45, 2.75) is 43.5 Å². The molecule has 4 atom stereocenters. The smallest absolute Gasteiger partial charge is 0.438 e. The van der Waals surface area contributed by atoms with E-state index in [1.165, 1.54) is 13.4 Å². The second kappa shape index (κ2) is 8.01. The predicted octanol–water partition coefficient (Wildman–Crippen LogP) is 1.59. The van der Waals surface area contributed by atoms with Gasteiger partial charge in [0.25, 0.3) is 0 Å². The maximum Gasteiger partial charge on any atom is 0.508 e. The Balaban J connectivity index is 1.74. The highest BCUT2D eigenvalue weighted by molar-refractivity contribution is 5.71. The molecule has 0 unspecified atom stereocenters. The number of aromatic nitrogens is 3. The molecule has 0 N–H and O–H groups in total. The highest BCUT2D eigenvalue weighted by Gasteiger charge is 2.65. The molecule has 4 rings (SSSR count). The average molecular weight is 444 g/mol. The number of carbonyl (C=O) groups is 1. The van der Waals surface area contributed by atoms with Crippen LogP contribution in [0.4, 0.5) is 10.6 Å². The average Bonchev–Trinajstić information content (AvgIpc) is 3.40. The standard InChI is InChI=1S/C20H24N6O6/c1-19(2)30-15-14(31-20(8-21,16(15)32-19)9-29-18(27)28-5)12-6-7-13-17(23-11-25(3)4)22-10-24-26(12)13/h6-7,10-11,14-16H,9H2,1-5H3/t14-,15-,16-,20+/m0/s1. The van der Waals surface area contributed by atoms with Crippen molar-refractivity contribution in [1.82, 2.24) is 19.5 Å². The van der Waals surface area contributed by atoms with Gasteiger partial charge in [-0.25, -0.2) is 19.3 Å². The molecule has 2 aliphatic rings. The lowest BCUT2D eigenvalue weighted by atomic mass is 9.96. The molecule has 4 heterocycles. The Morgan fingerprint density at radius 1 is 1.38 bits per heavy atom. The molecule has 2 fully saturated rings. The zero-order valence-electron chi connectivity index (χ0n) is 18.4. The molecule has 2 aromatic heterocycles. The molecular formula is C20H24N6O6. The van der Waals surface area contributed by atoms with Crippen molar-refractivity contribution in [3.8, 4) is 6.07 Å². The molecule has 32 heavy (non-hydrogen) atoms. The largest absolute Gasteiger partial charge is 0.508 e. The summed E-state index contributed by atoms with van der Waals surface area (Å²) >= 11 is 0. The summed E-state index contributed by atoms with van der Waals surface area (Å²) in [4.78, 5) is 22.0. The Labute approximate surface area is 184 Å². The molecule has 0 aromatic carbocycles. The van der Waals surface area contributed by atoms with Crippen LogP contribution in [0.25, 0.3) is 5.52 Å². The van der Waals surface area contributed by atoms with Gasteiger partial charge in [0.1, 0.15) is 42.8 Å². The first kappa shape index (κ1) is 21.9. The van der Waals surface area contributed by atoms with Crippen molar-refractivity contribution >= 4 is 23.8 Å². The van der Waals surface area contributed by atoms with E-state index in [2.05, 4.69) is 25.9 Å². The molecular weight excluding hydrogens is 420 g/mol. The van der Waals surface area contributed by atoms with Gasteiger partial charge in [-0.05, 0) is 26.0 Å². The summed E-state index contributed by atoms with van der Waals surface area (Å²) in [5.74, 6) is -0.493. The fourth-order valence-electron chi connectivity index (χ4n) is 3.85. The van der Waals surface area contributed by atoms with Crippen LogP contribution in [0.2, 0.25) is 0 Å². The lowest BCUT2D eigenvalue weighted by Crippen LogP contribution is -2.46. The fourth-order valence-corrected chi connectivity index (χ4v) is 3.85. The molecule has 2 saturated heterocycles. The third-order valence-corrected chi connectivity index (χ3v) is 5.15. The highest BCUT2D eigenvalue weighted by atomic mass is 16.8. The van der Waals surface area contributed by atoms with Gasteiger partial charge in [-0.2, -0.15) is 10.4 Å². The number of nitrogens with zero attached hydrogens (tertiary/aromatic N) is 6. The minimum absolute atomic E-state index is 0.385. The molecule has 170 valence electrons. The molecule has 0 radical (unpaired) electrons. The molecule has 0 aliphatic carbocycles. The zero-order chi connectivity index (χ0) is 23.1. The van der Waals surface area contributed by atoms with Crippen molar-refractivity contribution in [1.29, 1.82) is 5.26 Å². The van der Waals surface area contributed by atoms with Crippen LogP contribution in [0.15, 0.2) is 23.5 Å². The molecule has 0 amide bonds. The van der Waals surface area contributed by atoms with Crippen LogP contribution in [-0.4, -0.2) is 83.4 Å². The second-order valence-electron chi connectivity index (χ2n) is 8.15. The van der Waals surface area contributed by atoms with E-state index in [-0.39, 0.29) is 6.61 Å². The summed E-state index contributed by atoms with van der Waals surface area (Å²) in [6, 6.07) is 5.74. The van der Waals surface area contributed by atoms with Gasteiger partial charge in [-0.1, -0.05) is 0 Å². The summed E-state index contributed by atoms with van der Waals surface area (Å²) in [6.07, 6.45) is -0.0859.